The summed E-state index contributed by atoms with van der Waals surface area (Å²) >= 11 is 1.72. The lowest BCUT2D eigenvalue weighted by molar-refractivity contribution is -0.126. The molecular formula is C24H32N4O3S. The van der Waals surface area contributed by atoms with Crippen LogP contribution in [0.1, 0.15) is 17.7 Å². The molecule has 0 aliphatic carbocycles. The van der Waals surface area contributed by atoms with Crippen LogP contribution in [0.3, 0.4) is 0 Å². The van der Waals surface area contributed by atoms with Gasteiger partial charge < -0.3 is 20.3 Å². The molecule has 0 spiro atoms. The molecule has 0 saturated carbocycles. The van der Waals surface area contributed by atoms with Crippen LogP contribution in [0.2, 0.25) is 0 Å². The monoisotopic (exact) mass is 456 g/mol. The molecule has 8 heteroatoms. The van der Waals surface area contributed by atoms with Crippen LogP contribution in [0, 0.1) is 5.92 Å². The molecule has 0 atom stereocenters. The number of benzene rings is 1. The lowest BCUT2D eigenvalue weighted by Gasteiger charge is -2.30. The maximum atomic E-state index is 12.5. The van der Waals surface area contributed by atoms with E-state index in [2.05, 4.69) is 31.9 Å². The van der Waals surface area contributed by atoms with Crippen molar-refractivity contribution in [2.75, 3.05) is 62.7 Å². The zero-order valence-electron chi connectivity index (χ0n) is 18.4. The molecule has 32 heavy (non-hydrogen) atoms. The molecule has 0 unspecified atom stereocenters. The first-order valence-corrected chi connectivity index (χ1v) is 12.3. The number of anilines is 2. The van der Waals surface area contributed by atoms with Crippen molar-refractivity contribution in [2.45, 2.75) is 19.3 Å². The molecule has 3 heterocycles. The number of thiophene rings is 1. The molecule has 2 saturated heterocycles. The van der Waals surface area contributed by atoms with Crippen molar-refractivity contribution >= 4 is 34.5 Å². The Labute approximate surface area is 193 Å². The highest BCUT2D eigenvalue weighted by Crippen LogP contribution is 2.20. The van der Waals surface area contributed by atoms with Gasteiger partial charge in [0.2, 0.25) is 11.8 Å². The highest BCUT2D eigenvalue weighted by Gasteiger charge is 2.25. The van der Waals surface area contributed by atoms with Crippen LogP contribution in [0.25, 0.3) is 0 Å². The van der Waals surface area contributed by atoms with Gasteiger partial charge in [0.1, 0.15) is 0 Å². The van der Waals surface area contributed by atoms with Crippen molar-refractivity contribution in [1.29, 1.82) is 0 Å². The second-order valence-corrected chi connectivity index (χ2v) is 9.40. The first kappa shape index (κ1) is 22.8. The highest BCUT2D eigenvalue weighted by atomic mass is 32.1. The lowest BCUT2D eigenvalue weighted by atomic mass is 9.96. The van der Waals surface area contributed by atoms with Crippen LogP contribution in [0.5, 0.6) is 0 Å². The fourth-order valence-corrected chi connectivity index (χ4v) is 4.95. The normalized spacial score (nSPS) is 17.8. The maximum absolute atomic E-state index is 12.5. The minimum Gasteiger partial charge on any atom is -0.378 e. The molecule has 2 aliphatic rings. The molecule has 2 amide bonds. The van der Waals surface area contributed by atoms with Gasteiger partial charge in [0.05, 0.1) is 19.8 Å². The first-order valence-electron chi connectivity index (χ1n) is 11.4. The standard InChI is InChI=1S/C24H32N4O3S/c29-23(26-20-3-5-21(6-4-20)28-13-15-31-16-14-28)18-27-11-8-19(9-12-27)24(30)25-10-7-22-2-1-17-32-22/h1-6,17,19H,7-16,18H2,(H,25,30)(H,26,29). The third kappa shape index (κ3) is 6.54. The number of nitrogens with zero attached hydrogens (tertiary/aromatic N) is 2. The molecule has 172 valence electrons. The van der Waals surface area contributed by atoms with E-state index in [1.165, 1.54) is 4.88 Å². The van der Waals surface area contributed by atoms with E-state index in [9.17, 15) is 9.59 Å². The first-order chi connectivity index (χ1) is 15.7. The van der Waals surface area contributed by atoms with Gasteiger partial charge in [0, 0.05) is 41.8 Å². The fourth-order valence-electron chi connectivity index (χ4n) is 4.24. The average molecular weight is 457 g/mol. The predicted molar refractivity (Wildman–Crippen MR) is 128 cm³/mol. The number of hydrogen-bond donors (Lipinski definition) is 2. The van der Waals surface area contributed by atoms with Crippen molar-refractivity contribution in [3.05, 3.63) is 46.7 Å². The minimum absolute atomic E-state index is 0.0111. The second-order valence-electron chi connectivity index (χ2n) is 8.37. The Kier molecular flexibility index (Phi) is 8.14. The zero-order chi connectivity index (χ0) is 22.2. The van der Waals surface area contributed by atoms with Gasteiger partial charge in [-0.15, -0.1) is 11.3 Å². The van der Waals surface area contributed by atoms with Gasteiger partial charge in [-0.25, -0.2) is 0 Å². The number of ether oxygens (including phenoxy) is 1. The molecule has 1 aromatic carbocycles. The van der Waals surface area contributed by atoms with E-state index in [-0.39, 0.29) is 17.7 Å². The third-order valence-corrected chi connectivity index (χ3v) is 7.04. The summed E-state index contributed by atoms with van der Waals surface area (Å²) < 4.78 is 5.40. The second kappa shape index (κ2) is 11.4. The number of hydrogen-bond acceptors (Lipinski definition) is 6. The minimum atomic E-state index is -0.0111. The summed E-state index contributed by atoms with van der Waals surface area (Å²) in [6, 6.07) is 12.1. The van der Waals surface area contributed by atoms with E-state index >= 15 is 0 Å². The van der Waals surface area contributed by atoms with Crippen molar-refractivity contribution < 1.29 is 14.3 Å². The van der Waals surface area contributed by atoms with Crippen LogP contribution in [-0.4, -0.2) is 69.2 Å². The van der Waals surface area contributed by atoms with Crippen LogP contribution in [-0.2, 0) is 20.7 Å². The Hall–Kier alpha value is -2.42. The molecule has 2 fully saturated rings. The number of likely N-dealkylation sites (tertiary alicyclic amines) is 1. The number of nitrogens with one attached hydrogen (secondary N) is 2. The smallest absolute Gasteiger partial charge is 0.238 e. The Bertz CT molecular complexity index is 858. The van der Waals surface area contributed by atoms with Gasteiger partial charge in [0.15, 0.2) is 0 Å². The molecule has 7 nitrogen and oxygen atoms in total. The molecular weight excluding hydrogens is 424 g/mol. The Morgan fingerprint density at radius 1 is 1.03 bits per heavy atom. The molecule has 2 N–H and O–H groups in total. The van der Waals surface area contributed by atoms with E-state index in [1.807, 2.05) is 30.3 Å². The Morgan fingerprint density at radius 2 is 1.78 bits per heavy atom. The highest BCUT2D eigenvalue weighted by molar-refractivity contribution is 7.09. The summed E-state index contributed by atoms with van der Waals surface area (Å²) in [5.74, 6) is 0.180. The number of carbonyl (C=O) groups excluding carboxylic acids is 2. The van der Waals surface area contributed by atoms with Gasteiger partial charge in [-0.05, 0) is 68.1 Å². The van der Waals surface area contributed by atoms with E-state index in [1.54, 1.807) is 11.3 Å². The van der Waals surface area contributed by atoms with Gasteiger partial charge in [-0.2, -0.15) is 0 Å². The van der Waals surface area contributed by atoms with Crippen molar-refractivity contribution in [3.63, 3.8) is 0 Å². The summed E-state index contributed by atoms with van der Waals surface area (Å²) in [4.78, 5) is 30.6. The van der Waals surface area contributed by atoms with Crippen molar-refractivity contribution in [1.82, 2.24) is 10.2 Å². The summed E-state index contributed by atoms with van der Waals surface area (Å²) in [5.41, 5.74) is 1.97. The topological polar surface area (TPSA) is 73.9 Å². The number of piperidine rings is 1. The Morgan fingerprint density at radius 3 is 2.47 bits per heavy atom. The van der Waals surface area contributed by atoms with E-state index in [4.69, 9.17) is 4.74 Å². The fraction of sp³-hybridized carbons (Fsp3) is 0.500. The number of amides is 2. The van der Waals surface area contributed by atoms with Gasteiger partial charge in [0.25, 0.3) is 0 Å². The summed E-state index contributed by atoms with van der Waals surface area (Å²) in [6.07, 6.45) is 2.48. The van der Waals surface area contributed by atoms with Crippen LogP contribution < -0.4 is 15.5 Å². The van der Waals surface area contributed by atoms with E-state index in [0.29, 0.717) is 13.1 Å². The molecule has 0 radical (unpaired) electrons. The van der Waals surface area contributed by atoms with Crippen LogP contribution >= 0.6 is 11.3 Å². The van der Waals surface area contributed by atoms with Crippen LogP contribution in [0.4, 0.5) is 11.4 Å². The largest absolute Gasteiger partial charge is 0.378 e. The third-order valence-electron chi connectivity index (χ3n) is 6.10. The lowest BCUT2D eigenvalue weighted by Crippen LogP contribution is -2.43. The quantitative estimate of drug-likeness (QED) is 0.639. The van der Waals surface area contributed by atoms with Gasteiger partial charge in [-0.1, -0.05) is 6.07 Å². The number of carbonyl (C=O) groups is 2. The molecule has 2 aliphatic heterocycles. The summed E-state index contributed by atoms with van der Waals surface area (Å²) in [6.45, 7) is 5.89. The van der Waals surface area contributed by atoms with Crippen molar-refractivity contribution in [2.24, 2.45) is 5.92 Å². The van der Waals surface area contributed by atoms with Crippen molar-refractivity contribution in [3.8, 4) is 0 Å². The number of rotatable bonds is 8. The molecule has 2 aromatic rings. The molecule has 1 aromatic heterocycles. The Balaban J connectivity index is 1.14. The predicted octanol–water partition coefficient (Wildman–Crippen LogP) is 2.59. The summed E-state index contributed by atoms with van der Waals surface area (Å²) in [5, 5.41) is 8.12. The van der Waals surface area contributed by atoms with E-state index < -0.39 is 0 Å². The SMILES string of the molecule is O=C(CN1CCC(C(=O)NCCc2cccs2)CC1)Nc1ccc(N2CCOCC2)cc1. The maximum Gasteiger partial charge on any atom is 0.238 e. The zero-order valence-corrected chi connectivity index (χ0v) is 19.2. The average Bonchev–Trinajstić information content (AvgIpc) is 3.34. The van der Waals surface area contributed by atoms with Gasteiger partial charge in [-0.3, -0.25) is 14.5 Å². The summed E-state index contributed by atoms with van der Waals surface area (Å²) in [7, 11) is 0. The van der Waals surface area contributed by atoms with Crippen LogP contribution in [0.15, 0.2) is 41.8 Å². The van der Waals surface area contributed by atoms with Gasteiger partial charge >= 0.3 is 0 Å². The number of morpholine rings is 1. The molecule has 0 bridgehead atoms. The van der Waals surface area contributed by atoms with E-state index in [0.717, 1.165) is 70.0 Å². The molecule has 4 rings (SSSR count).